The molecule has 2 heterocycles. The number of carbonyl (C=O) groups is 1. The van der Waals surface area contributed by atoms with Gasteiger partial charge in [0.15, 0.2) is 0 Å². The van der Waals surface area contributed by atoms with E-state index in [-0.39, 0.29) is 22.3 Å². The predicted octanol–water partition coefficient (Wildman–Crippen LogP) is -0.508. The molecule has 1 aliphatic carbocycles. The standard InChI is InChI=1S/C9H9NO2Se/c11-8(13)5-4-10-6-2-1-3-9(6)7(5)12-9/h1-3,5,7,10H,4H2,(H,11,13)/p-1. The molecule has 0 aromatic heterocycles. The second kappa shape index (κ2) is 2.26. The van der Waals surface area contributed by atoms with Gasteiger partial charge in [0.1, 0.15) is 0 Å². The minimum absolute atomic E-state index is 0.0279. The predicted molar refractivity (Wildman–Crippen MR) is 47.1 cm³/mol. The maximum absolute atomic E-state index is 11.2. The van der Waals surface area contributed by atoms with Crippen LogP contribution in [0.5, 0.6) is 0 Å². The first-order valence-corrected chi connectivity index (χ1v) is 5.12. The van der Waals surface area contributed by atoms with Crippen molar-refractivity contribution in [2.45, 2.75) is 11.7 Å². The molecule has 1 N–H and O–H groups in total. The molecule has 0 radical (unpaired) electrons. The first-order valence-electron chi connectivity index (χ1n) is 4.26. The van der Waals surface area contributed by atoms with Gasteiger partial charge in [-0.3, -0.25) is 0 Å². The molecule has 0 amide bonds. The number of ether oxygens (including phenoxy) is 1. The van der Waals surface area contributed by atoms with E-state index in [4.69, 9.17) is 4.74 Å². The molecule has 0 saturated carbocycles. The topological polar surface area (TPSA) is 41.6 Å². The SMILES string of the molecule is O=C([Se-])C1CNC2=CC=CC23OC13. The third-order valence-corrected chi connectivity index (χ3v) is 3.53. The molecule has 3 nitrogen and oxygen atoms in total. The fourth-order valence-electron chi connectivity index (χ4n) is 2.15. The molecule has 4 heteroatoms. The maximum atomic E-state index is 11.2. The normalized spacial score (nSPS) is 44.5. The molecule has 2 aliphatic heterocycles. The van der Waals surface area contributed by atoms with E-state index in [2.05, 4.69) is 21.3 Å². The van der Waals surface area contributed by atoms with E-state index in [9.17, 15) is 4.79 Å². The van der Waals surface area contributed by atoms with Gasteiger partial charge in [-0.05, 0) is 0 Å². The van der Waals surface area contributed by atoms with Crippen LogP contribution in [0.25, 0.3) is 0 Å². The average Bonchev–Trinajstić information content (AvgIpc) is 2.66. The Hall–Kier alpha value is -0.571. The van der Waals surface area contributed by atoms with Crippen LogP contribution in [-0.2, 0) is 9.53 Å². The Balaban J connectivity index is 1.94. The van der Waals surface area contributed by atoms with E-state index < -0.39 is 0 Å². The summed E-state index contributed by atoms with van der Waals surface area (Å²) in [6.07, 6.45) is 6.08. The zero-order chi connectivity index (χ0) is 9.05. The molecule has 2 fully saturated rings. The van der Waals surface area contributed by atoms with E-state index in [0.717, 1.165) is 5.70 Å². The van der Waals surface area contributed by atoms with Crippen LogP contribution in [0.1, 0.15) is 0 Å². The van der Waals surface area contributed by atoms with Crippen molar-refractivity contribution in [2.75, 3.05) is 6.54 Å². The fraction of sp³-hybridized carbons (Fsp3) is 0.444. The molecular weight excluding hydrogens is 233 g/mol. The number of hydrogen-bond donors (Lipinski definition) is 1. The van der Waals surface area contributed by atoms with Crippen LogP contribution in [0.15, 0.2) is 23.9 Å². The molecule has 13 heavy (non-hydrogen) atoms. The molecule has 3 atom stereocenters. The van der Waals surface area contributed by atoms with E-state index in [1.165, 1.54) is 0 Å². The van der Waals surface area contributed by atoms with Crippen LogP contribution < -0.4 is 5.32 Å². The van der Waals surface area contributed by atoms with Gasteiger partial charge in [-0.2, -0.15) is 0 Å². The summed E-state index contributed by atoms with van der Waals surface area (Å²) in [5.41, 5.74) is 0.845. The van der Waals surface area contributed by atoms with Crippen LogP contribution in [0.2, 0.25) is 0 Å². The number of carbonyl (C=O) groups excluding carboxylic acids is 1. The van der Waals surface area contributed by atoms with Gasteiger partial charge >= 0.3 is 83.6 Å². The number of rotatable bonds is 1. The first kappa shape index (κ1) is 7.80. The van der Waals surface area contributed by atoms with Gasteiger partial charge in [0.2, 0.25) is 0 Å². The molecule has 3 unspecified atom stereocenters. The van der Waals surface area contributed by atoms with Gasteiger partial charge in [-0.15, -0.1) is 0 Å². The summed E-state index contributed by atoms with van der Waals surface area (Å²) in [5, 5.41) is 3.23. The van der Waals surface area contributed by atoms with E-state index in [1.54, 1.807) is 0 Å². The monoisotopic (exact) mass is 242 g/mol. The van der Waals surface area contributed by atoms with Gasteiger partial charge in [-0.25, -0.2) is 0 Å². The molecule has 0 aromatic rings. The molecule has 68 valence electrons. The van der Waals surface area contributed by atoms with Crippen molar-refractivity contribution < 1.29 is 9.53 Å². The summed E-state index contributed by atoms with van der Waals surface area (Å²) in [4.78, 5) is 11.2. The van der Waals surface area contributed by atoms with E-state index in [1.807, 2.05) is 18.2 Å². The summed E-state index contributed by atoms with van der Waals surface area (Å²) < 4.78 is 5.70. The zero-order valence-electron chi connectivity index (χ0n) is 6.82. The van der Waals surface area contributed by atoms with Crippen molar-refractivity contribution in [2.24, 2.45) is 5.92 Å². The summed E-state index contributed by atoms with van der Waals surface area (Å²) in [7, 11) is 0. The number of nitrogens with one attached hydrogen (secondary N) is 1. The van der Waals surface area contributed by atoms with E-state index >= 15 is 0 Å². The van der Waals surface area contributed by atoms with Crippen molar-refractivity contribution in [1.29, 1.82) is 0 Å². The minimum atomic E-state index is -0.261. The second-order valence-corrected chi connectivity index (χ2v) is 4.42. The van der Waals surface area contributed by atoms with Crippen molar-refractivity contribution in [3.05, 3.63) is 23.9 Å². The molecule has 0 bridgehead atoms. The fourth-order valence-corrected chi connectivity index (χ4v) is 2.58. The van der Waals surface area contributed by atoms with Gasteiger partial charge < -0.3 is 0 Å². The first-order chi connectivity index (χ1) is 6.24. The Labute approximate surface area is 84.0 Å². The number of hydrogen-bond acceptors (Lipinski definition) is 3. The third-order valence-electron chi connectivity index (χ3n) is 2.90. The van der Waals surface area contributed by atoms with Crippen molar-refractivity contribution in [1.82, 2.24) is 5.32 Å². The van der Waals surface area contributed by atoms with Gasteiger partial charge in [0.05, 0.1) is 0 Å². The van der Waals surface area contributed by atoms with Crippen molar-refractivity contribution >= 4 is 20.7 Å². The Kier molecular flexibility index (Phi) is 1.36. The van der Waals surface area contributed by atoms with E-state index in [0.29, 0.717) is 6.54 Å². The molecule has 1 spiro atoms. The second-order valence-electron chi connectivity index (χ2n) is 3.58. The molecular formula is C9H8NO2Se-. The Bertz CT molecular complexity index is 350. The Morgan fingerprint density at radius 3 is 3.38 bits per heavy atom. The van der Waals surface area contributed by atoms with Crippen LogP contribution in [0.4, 0.5) is 0 Å². The molecule has 3 rings (SSSR count). The Morgan fingerprint density at radius 2 is 2.62 bits per heavy atom. The van der Waals surface area contributed by atoms with Gasteiger partial charge in [0.25, 0.3) is 0 Å². The molecule has 3 aliphatic rings. The van der Waals surface area contributed by atoms with Crippen LogP contribution in [0.3, 0.4) is 0 Å². The average molecular weight is 241 g/mol. The number of epoxide rings is 1. The van der Waals surface area contributed by atoms with Crippen LogP contribution in [0, 0.1) is 5.92 Å². The zero-order valence-corrected chi connectivity index (χ0v) is 8.53. The summed E-state index contributed by atoms with van der Waals surface area (Å²) in [6.45, 7) is 0.686. The quantitative estimate of drug-likeness (QED) is 0.496. The van der Waals surface area contributed by atoms with Gasteiger partial charge in [0, 0.05) is 0 Å². The third kappa shape index (κ3) is 0.857. The molecule has 0 aromatic carbocycles. The van der Waals surface area contributed by atoms with Crippen molar-refractivity contribution in [3.8, 4) is 0 Å². The summed E-state index contributed by atoms with van der Waals surface area (Å²) in [5.74, 6) is -0.0279. The summed E-state index contributed by atoms with van der Waals surface area (Å²) >= 11 is 2.54. The van der Waals surface area contributed by atoms with Gasteiger partial charge in [-0.1, -0.05) is 0 Å². The van der Waals surface area contributed by atoms with Crippen LogP contribution in [-0.4, -0.2) is 38.9 Å². The Morgan fingerprint density at radius 1 is 1.77 bits per heavy atom. The molecule has 2 saturated heterocycles. The number of allylic oxidation sites excluding steroid dienone is 2. The summed E-state index contributed by atoms with van der Waals surface area (Å²) in [6, 6.07) is 0. The van der Waals surface area contributed by atoms with Crippen LogP contribution >= 0.6 is 0 Å². The number of piperidine rings is 1. The van der Waals surface area contributed by atoms with Crippen molar-refractivity contribution in [3.63, 3.8) is 0 Å².